The van der Waals surface area contributed by atoms with Crippen molar-refractivity contribution >= 4 is 29.4 Å². The summed E-state index contributed by atoms with van der Waals surface area (Å²) >= 11 is 0. The normalized spacial score (nSPS) is 18.9. The van der Waals surface area contributed by atoms with Gasteiger partial charge in [0.1, 0.15) is 6.10 Å². The number of aryl methyl sites for hydroxylation is 1. The summed E-state index contributed by atoms with van der Waals surface area (Å²) in [6, 6.07) is 26.3. The van der Waals surface area contributed by atoms with Crippen molar-refractivity contribution < 1.29 is 23.8 Å². The van der Waals surface area contributed by atoms with E-state index in [4.69, 9.17) is 23.9 Å². The molecule has 2 aromatic carbocycles. The highest BCUT2D eigenvalue weighted by molar-refractivity contribution is 5.84. The average Bonchev–Trinajstić information content (AvgIpc) is 3.88. The molecular formula is C35H35N9O5. The van der Waals surface area contributed by atoms with E-state index in [1.165, 1.54) is 6.33 Å². The molecule has 0 spiro atoms. The van der Waals surface area contributed by atoms with Gasteiger partial charge in [-0.3, -0.25) is 14.3 Å². The van der Waals surface area contributed by atoms with Crippen molar-refractivity contribution in [3.05, 3.63) is 120 Å². The number of ether oxygens (including phenoxy) is 2. The van der Waals surface area contributed by atoms with Crippen molar-refractivity contribution in [2.45, 2.75) is 50.2 Å². The first-order valence-electron chi connectivity index (χ1n) is 16.1. The SMILES string of the molecule is CCc1nnc([C@H]2O[C@@H](n3cnc4c(NCC(c5ccccc5)c5ccccc5)nc(NCCc5ccccn5)nc43)[C@H](O)[C@@H]2OC=O)o1. The second-order valence-electron chi connectivity index (χ2n) is 11.5. The maximum absolute atomic E-state index is 11.5. The topological polar surface area (TPSA) is 175 Å². The lowest BCUT2D eigenvalue weighted by Gasteiger charge is -2.20. The number of carbonyl (C=O) groups excluding carboxylic acids is 1. The van der Waals surface area contributed by atoms with Crippen molar-refractivity contribution in [1.82, 2.24) is 34.7 Å². The van der Waals surface area contributed by atoms with Crippen molar-refractivity contribution in [3.8, 4) is 0 Å². The zero-order chi connectivity index (χ0) is 33.6. The van der Waals surface area contributed by atoms with E-state index in [-0.39, 0.29) is 18.3 Å². The largest absolute Gasteiger partial charge is 0.458 e. The van der Waals surface area contributed by atoms with Gasteiger partial charge < -0.3 is 29.6 Å². The van der Waals surface area contributed by atoms with E-state index in [9.17, 15) is 9.90 Å². The monoisotopic (exact) mass is 661 g/mol. The number of benzene rings is 2. The summed E-state index contributed by atoms with van der Waals surface area (Å²) in [5, 5.41) is 26.3. The second kappa shape index (κ2) is 14.6. The van der Waals surface area contributed by atoms with Gasteiger partial charge in [0.25, 0.3) is 6.47 Å². The second-order valence-corrected chi connectivity index (χ2v) is 11.5. The fourth-order valence-corrected chi connectivity index (χ4v) is 5.97. The first-order chi connectivity index (χ1) is 24.1. The van der Waals surface area contributed by atoms with Gasteiger partial charge in [0, 0.05) is 43.7 Å². The quantitative estimate of drug-likeness (QED) is 0.142. The van der Waals surface area contributed by atoms with Crippen LogP contribution in [0.15, 0.2) is 95.8 Å². The maximum Gasteiger partial charge on any atom is 0.293 e. The molecule has 0 bridgehead atoms. The number of aliphatic hydroxyl groups is 1. The van der Waals surface area contributed by atoms with E-state index in [1.807, 2.05) is 61.5 Å². The molecule has 1 aliphatic rings. The zero-order valence-electron chi connectivity index (χ0n) is 26.7. The summed E-state index contributed by atoms with van der Waals surface area (Å²) in [4.78, 5) is 30.2. The number of imidazole rings is 1. The number of fused-ring (bicyclic) bond motifs is 1. The van der Waals surface area contributed by atoms with Gasteiger partial charge in [0.05, 0.1) is 6.33 Å². The molecule has 14 heteroatoms. The van der Waals surface area contributed by atoms with Gasteiger partial charge in [0.2, 0.25) is 17.7 Å². The van der Waals surface area contributed by atoms with Crippen LogP contribution in [0.4, 0.5) is 11.8 Å². The van der Waals surface area contributed by atoms with E-state index in [1.54, 1.807) is 10.8 Å². The van der Waals surface area contributed by atoms with Gasteiger partial charge in [-0.05, 0) is 23.3 Å². The van der Waals surface area contributed by atoms with Crippen LogP contribution in [0.1, 0.15) is 53.8 Å². The number of pyridine rings is 1. The van der Waals surface area contributed by atoms with Crippen LogP contribution in [0.2, 0.25) is 0 Å². The molecule has 6 aromatic rings. The summed E-state index contributed by atoms with van der Waals surface area (Å²) in [5.74, 6) is 1.34. The maximum atomic E-state index is 11.5. The number of aromatic nitrogens is 7. The van der Waals surface area contributed by atoms with Crippen LogP contribution in [0.25, 0.3) is 11.2 Å². The van der Waals surface area contributed by atoms with Crippen molar-refractivity contribution in [2.75, 3.05) is 23.7 Å². The van der Waals surface area contributed by atoms with Crippen LogP contribution in [-0.2, 0) is 27.1 Å². The summed E-state index contributed by atoms with van der Waals surface area (Å²) in [6.07, 6.45) is -0.0493. The minimum Gasteiger partial charge on any atom is -0.458 e. The Hall–Kier alpha value is -5.73. The molecule has 0 unspecified atom stereocenters. The molecular weight excluding hydrogens is 626 g/mol. The predicted molar refractivity (Wildman–Crippen MR) is 178 cm³/mol. The number of nitrogens with one attached hydrogen (secondary N) is 2. The van der Waals surface area contributed by atoms with Crippen LogP contribution in [0.5, 0.6) is 0 Å². The van der Waals surface area contributed by atoms with Crippen LogP contribution in [0, 0.1) is 0 Å². The molecule has 1 fully saturated rings. The summed E-state index contributed by atoms with van der Waals surface area (Å²) in [7, 11) is 0. The van der Waals surface area contributed by atoms with Crippen molar-refractivity contribution in [3.63, 3.8) is 0 Å². The molecule has 0 saturated carbocycles. The van der Waals surface area contributed by atoms with E-state index in [0.29, 0.717) is 54.8 Å². The number of aliphatic hydroxyl groups excluding tert-OH is 1. The predicted octanol–water partition coefficient (Wildman–Crippen LogP) is 4.24. The fourth-order valence-electron chi connectivity index (χ4n) is 5.97. The fraction of sp³-hybridized carbons (Fsp3) is 0.286. The van der Waals surface area contributed by atoms with E-state index in [0.717, 1.165) is 16.8 Å². The third-order valence-corrected chi connectivity index (χ3v) is 8.42. The van der Waals surface area contributed by atoms with Gasteiger partial charge in [0.15, 0.2) is 35.4 Å². The van der Waals surface area contributed by atoms with Crippen LogP contribution in [0.3, 0.4) is 0 Å². The Bertz CT molecular complexity index is 1930. The Balaban J connectivity index is 1.23. The molecule has 14 nitrogen and oxygen atoms in total. The lowest BCUT2D eigenvalue weighted by Crippen LogP contribution is -2.31. The molecule has 0 radical (unpaired) electrons. The highest BCUT2D eigenvalue weighted by atomic mass is 16.6. The number of nitrogens with zero attached hydrogens (tertiary/aromatic N) is 7. The molecule has 5 heterocycles. The van der Waals surface area contributed by atoms with E-state index in [2.05, 4.69) is 55.1 Å². The Morgan fingerprint density at radius 2 is 1.71 bits per heavy atom. The molecule has 4 atom stereocenters. The van der Waals surface area contributed by atoms with Gasteiger partial charge in [-0.15, -0.1) is 10.2 Å². The van der Waals surface area contributed by atoms with Gasteiger partial charge in [-0.2, -0.15) is 9.97 Å². The average molecular weight is 662 g/mol. The van der Waals surface area contributed by atoms with Crippen LogP contribution >= 0.6 is 0 Å². The highest BCUT2D eigenvalue weighted by Gasteiger charge is 2.50. The van der Waals surface area contributed by atoms with Gasteiger partial charge >= 0.3 is 0 Å². The van der Waals surface area contributed by atoms with Gasteiger partial charge in [-0.1, -0.05) is 73.7 Å². The number of hydrogen-bond acceptors (Lipinski definition) is 13. The van der Waals surface area contributed by atoms with E-state index >= 15 is 0 Å². The summed E-state index contributed by atoms with van der Waals surface area (Å²) in [5.41, 5.74) is 4.08. The Kier molecular flexibility index (Phi) is 9.48. The number of rotatable bonds is 14. The van der Waals surface area contributed by atoms with Gasteiger partial charge in [-0.25, -0.2) is 4.98 Å². The molecule has 3 N–H and O–H groups in total. The molecule has 7 rings (SSSR count). The zero-order valence-corrected chi connectivity index (χ0v) is 26.7. The minimum atomic E-state index is -1.31. The standard InChI is InChI=1S/C35H35N9O5/c1-2-26-42-43-33(48-26)30-29(47-21-45)28(46)34(49-30)44-20-39-27-31(40-35(41-32(27)44)37-18-16-24-15-9-10-17-36-24)38-19-25(22-11-5-3-6-12-22)23-13-7-4-8-14-23/h3-15,17,20-21,25,28-30,34,46H,2,16,18-19H2,1H3,(H2,37,38,40,41)/t28-,29+,30+,34-/m1/s1. The van der Waals surface area contributed by atoms with Crippen molar-refractivity contribution in [2.24, 2.45) is 0 Å². The lowest BCUT2D eigenvalue weighted by molar-refractivity contribution is -0.140. The molecule has 1 saturated heterocycles. The molecule has 0 amide bonds. The van der Waals surface area contributed by atoms with Crippen LogP contribution in [-0.4, -0.2) is 71.6 Å². The lowest BCUT2D eigenvalue weighted by atomic mass is 9.91. The van der Waals surface area contributed by atoms with Crippen molar-refractivity contribution in [1.29, 1.82) is 0 Å². The molecule has 0 aliphatic carbocycles. The molecule has 4 aromatic heterocycles. The molecule has 1 aliphatic heterocycles. The van der Waals surface area contributed by atoms with E-state index < -0.39 is 24.5 Å². The van der Waals surface area contributed by atoms with Crippen LogP contribution < -0.4 is 10.6 Å². The number of anilines is 2. The first-order valence-corrected chi connectivity index (χ1v) is 16.1. The third kappa shape index (κ3) is 6.82. The molecule has 250 valence electrons. The Labute approximate surface area is 281 Å². The number of hydrogen-bond donors (Lipinski definition) is 3. The molecule has 49 heavy (non-hydrogen) atoms. The Morgan fingerprint density at radius 1 is 0.959 bits per heavy atom. The number of carbonyl (C=O) groups is 1. The Morgan fingerprint density at radius 3 is 2.39 bits per heavy atom. The minimum absolute atomic E-state index is 0.0134. The smallest absolute Gasteiger partial charge is 0.293 e. The summed E-state index contributed by atoms with van der Waals surface area (Å²) < 4.78 is 18.8. The third-order valence-electron chi connectivity index (χ3n) is 8.42. The summed E-state index contributed by atoms with van der Waals surface area (Å²) in [6.45, 7) is 3.16. The highest BCUT2D eigenvalue weighted by Crippen LogP contribution is 2.41. The first kappa shape index (κ1) is 31.8.